The lowest BCUT2D eigenvalue weighted by molar-refractivity contribution is -0.114. The van der Waals surface area contributed by atoms with E-state index < -0.39 is 10.0 Å². The smallest absolute Gasteiger partial charge is 0.261 e. The maximum absolute atomic E-state index is 13.1. The average Bonchev–Trinajstić information content (AvgIpc) is 3.07. The lowest BCUT2D eigenvalue weighted by Crippen LogP contribution is -2.14. The van der Waals surface area contributed by atoms with Crippen LogP contribution in [0.15, 0.2) is 65.6 Å². The fraction of sp³-hybridized carbons (Fsp3) is 0.208. The van der Waals surface area contributed by atoms with Crippen LogP contribution in [0.3, 0.4) is 0 Å². The number of carbonyl (C=O) groups excluding carboxylic acids is 1. The Balaban J connectivity index is 1.73. The van der Waals surface area contributed by atoms with Gasteiger partial charge in [-0.05, 0) is 56.3 Å². The molecule has 1 amide bonds. The monoisotopic (exact) mass is 451 g/mol. The van der Waals surface area contributed by atoms with Crippen molar-refractivity contribution in [2.75, 3.05) is 16.6 Å². The van der Waals surface area contributed by atoms with Gasteiger partial charge in [-0.2, -0.15) is 0 Å². The molecule has 166 valence electrons. The van der Waals surface area contributed by atoms with E-state index in [0.717, 1.165) is 28.4 Å². The van der Waals surface area contributed by atoms with Crippen molar-refractivity contribution in [3.63, 3.8) is 0 Å². The molecule has 0 radical (unpaired) electrons. The molecule has 7 nitrogen and oxygen atoms in total. The van der Waals surface area contributed by atoms with Crippen LogP contribution in [0, 0.1) is 0 Å². The fourth-order valence-corrected chi connectivity index (χ4v) is 4.99. The Kier molecular flexibility index (Phi) is 5.80. The van der Waals surface area contributed by atoms with Crippen LogP contribution in [-0.2, 0) is 21.4 Å². The molecule has 0 saturated heterocycles. The van der Waals surface area contributed by atoms with Crippen LogP contribution in [-0.4, -0.2) is 25.5 Å². The summed E-state index contributed by atoms with van der Waals surface area (Å²) in [5.74, 6) is 0.0988. The quantitative estimate of drug-likeness (QED) is 0.415. The van der Waals surface area contributed by atoms with Crippen LogP contribution >= 0.6 is 0 Å². The van der Waals surface area contributed by atoms with Gasteiger partial charge in [0.05, 0.1) is 17.2 Å². The van der Waals surface area contributed by atoms with Crippen molar-refractivity contribution < 1.29 is 17.9 Å². The van der Waals surface area contributed by atoms with E-state index in [1.807, 2.05) is 37.3 Å². The molecule has 0 bridgehead atoms. The summed E-state index contributed by atoms with van der Waals surface area (Å²) >= 11 is 0. The number of para-hydroxylation sites is 1. The molecule has 8 heteroatoms. The SMILES string of the molecule is CCOc1ccc(S(=O)(=O)Nc2ccc3c(c2)c2ccccc2n3CC)cc1NC(C)=O. The number of fused-ring (bicyclic) bond motifs is 3. The van der Waals surface area contributed by atoms with Gasteiger partial charge in [-0.3, -0.25) is 9.52 Å². The van der Waals surface area contributed by atoms with E-state index in [9.17, 15) is 13.2 Å². The second kappa shape index (κ2) is 8.55. The summed E-state index contributed by atoms with van der Waals surface area (Å²) in [6.07, 6.45) is 0. The minimum atomic E-state index is -3.89. The van der Waals surface area contributed by atoms with Gasteiger partial charge in [-0.1, -0.05) is 18.2 Å². The van der Waals surface area contributed by atoms with Gasteiger partial charge < -0.3 is 14.6 Å². The molecule has 1 aromatic heterocycles. The first-order valence-electron chi connectivity index (χ1n) is 10.4. The summed E-state index contributed by atoms with van der Waals surface area (Å²) < 4.78 is 36.6. The molecule has 0 spiro atoms. The molecule has 1 heterocycles. The summed E-state index contributed by atoms with van der Waals surface area (Å²) in [6, 6.07) is 18.0. The van der Waals surface area contributed by atoms with Gasteiger partial charge in [0, 0.05) is 41.0 Å². The highest BCUT2D eigenvalue weighted by molar-refractivity contribution is 7.92. The number of benzene rings is 3. The molecular formula is C24H25N3O4S. The number of nitrogens with zero attached hydrogens (tertiary/aromatic N) is 1. The molecular weight excluding hydrogens is 426 g/mol. The summed E-state index contributed by atoms with van der Waals surface area (Å²) in [6.45, 7) is 6.46. The highest BCUT2D eigenvalue weighted by Crippen LogP contribution is 2.33. The van der Waals surface area contributed by atoms with Crippen molar-refractivity contribution in [3.8, 4) is 5.75 Å². The van der Waals surface area contributed by atoms with Gasteiger partial charge in [0.2, 0.25) is 5.91 Å². The van der Waals surface area contributed by atoms with Crippen molar-refractivity contribution in [1.29, 1.82) is 0 Å². The second-order valence-corrected chi connectivity index (χ2v) is 9.05. The summed E-state index contributed by atoms with van der Waals surface area (Å²) in [4.78, 5) is 11.6. The number of carbonyl (C=O) groups is 1. The third kappa shape index (κ3) is 4.01. The van der Waals surface area contributed by atoms with Crippen LogP contribution in [0.4, 0.5) is 11.4 Å². The number of aryl methyl sites for hydroxylation is 1. The Hall–Kier alpha value is -3.52. The summed E-state index contributed by atoms with van der Waals surface area (Å²) in [5.41, 5.74) is 2.93. The maximum atomic E-state index is 13.1. The number of ether oxygens (including phenoxy) is 1. The highest BCUT2D eigenvalue weighted by Gasteiger charge is 2.19. The normalized spacial score (nSPS) is 11.6. The third-order valence-corrected chi connectivity index (χ3v) is 6.59. The molecule has 4 rings (SSSR count). The molecule has 0 aliphatic rings. The van der Waals surface area contributed by atoms with Gasteiger partial charge in [0.1, 0.15) is 5.75 Å². The number of amides is 1. The van der Waals surface area contributed by atoms with E-state index in [1.165, 1.54) is 19.1 Å². The van der Waals surface area contributed by atoms with Crippen LogP contribution in [0.25, 0.3) is 21.8 Å². The van der Waals surface area contributed by atoms with Crippen LogP contribution in [0.1, 0.15) is 20.8 Å². The number of anilines is 2. The van der Waals surface area contributed by atoms with E-state index in [-0.39, 0.29) is 10.8 Å². The summed E-state index contributed by atoms with van der Waals surface area (Å²) in [5, 5.41) is 4.68. The molecule has 0 saturated carbocycles. The van der Waals surface area contributed by atoms with Crippen molar-refractivity contribution >= 4 is 49.1 Å². The fourth-order valence-electron chi connectivity index (χ4n) is 3.92. The van der Waals surface area contributed by atoms with Gasteiger partial charge >= 0.3 is 0 Å². The number of hydrogen-bond acceptors (Lipinski definition) is 4. The van der Waals surface area contributed by atoms with Gasteiger partial charge in [0.15, 0.2) is 0 Å². The molecule has 0 fully saturated rings. The highest BCUT2D eigenvalue weighted by atomic mass is 32.2. The first-order chi connectivity index (χ1) is 15.3. The topological polar surface area (TPSA) is 89.4 Å². The molecule has 4 aromatic rings. The minimum Gasteiger partial charge on any atom is -0.492 e. The Labute approximate surface area is 187 Å². The van der Waals surface area contributed by atoms with Gasteiger partial charge in [-0.25, -0.2) is 8.42 Å². The Morgan fingerprint density at radius 1 is 0.969 bits per heavy atom. The molecule has 3 aromatic carbocycles. The molecule has 32 heavy (non-hydrogen) atoms. The zero-order valence-electron chi connectivity index (χ0n) is 18.2. The number of hydrogen-bond donors (Lipinski definition) is 2. The Morgan fingerprint density at radius 2 is 1.72 bits per heavy atom. The molecule has 0 aliphatic carbocycles. The Bertz CT molecular complexity index is 1420. The van der Waals surface area contributed by atoms with E-state index in [1.54, 1.807) is 12.1 Å². The van der Waals surface area contributed by atoms with Crippen LogP contribution in [0.2, 0.25) is 0 Å². The number of nitrogens with one attached hydrogen (secondary N) is 2. The van der Waals surface area contributed by atoms with E-state index >= 15 is 0 Å². The third-order valence-electron chi connectivity index (χ3n) is 5.21. The number of aromatic nitrogens is 1. The first-order valence-corrected chi connectivity index (χ1v) is 11.9. The van der Waals surface area contributed by atoms with Crippen molar-refractivity contribution in [1.82, 2.24) is 4.57 Å². The van der Waals surface area contributed by atoms with Crippen molar-refractivity contribution in [2.45, 2.75) is 32.2 Å². The van der Waals surface area contributed by atoms with E-state index in [0.29, 0.717) is 23.7 Å². The largest absolute Gasteiger partial charge is 0.492 e. The van der Waals surface area contributed by atoms with E-state index in [4.69, 9.17) is 4.74 Å². The van der Waals surface area contributed by atoms with Gasteiger partial charge in [-0.15, -0.1) is 0 Å². The van der Waals surface area contributed by atoms with Gasteiger partial charge in [0.25, 0.3) is 10.0 Å². The average molecular weight is 452 g/mol. The second-order valence-electron chi connectivity index (χ2n) is 7.37. The maximum Gasteiger partial charge on any atom is 0.261 e. The summed E-state index contributed by atoms with van der Waals surface area (Å²) in [7, 11) is -3.89. The lowest BCUT2D eigenvalue weighted by atomic mass is 10.1. The van der Waals surface area contributed by atoms with Crippen molar-refractivity contribution in [3.05, 3.63) is 60.7 Å². The van der Waals surface area contributed by atoms with E-state index in [2.05, 4.69) is 27.6 Å². The molecule has 0 aliphatic heterocycles. The van der Waals surface area contributed by atoms with Crippen LogP contribution < -0.4 is 14.8 Å². The standard InChI is InChI=1S/C24H25N3O4S/c1-4-27-22-9-7-6-8-19(22)20-14-17(10-12-23(20)27)26-32(29,30)18-11-13-24(31-5-2)21(15-18)25-16(3)28/h6-15,26H,4-5H2,1-3H3,(H,25,28). The minimum absolute atomic E-state index is 0.0285. The lowest BCUT2D eigenvalue weighted by Gasteiger charge is -2.14. The Morgan fingerprint density at radius 3 is 2.44 bits per heavy atom. The zero-order chi connectivity index (χ0) is 22.9. The molecule has 0 atom stereocenters. The molecule has 2 N–H and O–H groups in total. The first kappa shape index (κ1) is 21.7. The number of sulfonamides is 1. The predicted octanol–water partition coefficient (Wildman–Crippen LogP) is 4.97. The van der Waals surface area contributed by atoms with Crippen molar-refractivity contribution in [2.24, 2.45) is 0 Å². The molecule has 0 unspecified atom stereocenters. The zero-order valence-corrected chi connectivity index (χ0v) is 19.0. The number of rotatable bonds is 7. The predicted molar refractivity (Wildman–Crippen MR) is 128 cm³/mol. The van der Waals surface area contributed by atoms with Crippen LogP contribution in [0.5, 0.6) is 5.75 Å².